The van der Waals surface area contributed by atoms with E-state index >= 15 is 0 Å². The van der Waals surface area contributed by atoms with Gasteiger partial charge in [0, 0.05) is 5.92 Å². The Balaban J connectivity index is 1.52. The number of hydrogen-bond donors (Lipinski definition) is 2. The maximum atomic E-state index is 10.5. The molecule has 1 saturated carbocycles. The number of hydrogen-bond acceptors (Lipinski definition) is 2. The predicted molar refractivity (Wildman–Crippen MR) is 116 cm³/mol. The first-order valence-electron chi connectivity index (χ1n) is 10.7. The molecular weight excluding hydrogens is 344 g/mol. The van der Waals surface area contributed by atoms with Gasteiger partial charge in [-0.05, 0) is 71.7 Å². The van der Waals surface area contributed by atoms with Gasteiger partial charge in [-0.1, -0.05) is 68.5 Å². The van der Waals surface area contributed by atoms with Gasteiger partial charge < -0.3 is 10.2 Å². The van der Waals surface area contributed by atoms with Crippen molar-refractivity contribution in [1.29, 1.82) is 0 Å². The highest BCUT2D eigenvalue weighted by Crippen LogP contribution is 2.38. The zero-order valence-corrected chi connectivity index (χ0v) is 16.5. The molecular formula is C26H30O2. The second-order valence-corrected chi connectivity index (χ2v) is 8.27. The SMILES string of the molecule is Oc1ccc(C2C=CC(c3ccc(O)c(C4CCCCCCC4)c3)=CC2)cc1. The second kappa shape index (κ2) is 8.68. The first-order valence-corrected chi connectivity index (χ1v) is 10.7. The van der Waals surface area contributed by atoms with E-state index in [1.54, 1.807) is 12.1 Å². The quantitative estimate of drug-likeness (QED) is 0.604. The zero-order chi connectivity index (χ0) is 19.3. The molecule has 1 unspecified atom stereocenters. The number of phenolic OH excluding ortho intramolecular Hbond substituents is 2. The Bertz CT molecular complexity index is 853. The van der Waals surface area contributed by atoms with Crippen molar-refractivity contribution < 1.29 is 10.2 Å². The predicted octanol–water partition coefficient (Wildman–Crippen LogP) is 7.05. The van der Waals surface area contributed by atoms with Gasteiger partial charge in [0.05, 0.1) is 0 Å². The lowest BCUT2D eigenvalue weighted by Crippen LogP contribution is -2.04. The van der Waals surface area contributed by atoms with E-state index in [1.165, 1.54) is 61.6 Å². The Hall–Kier alpha value is -2.48. The molecule has 2 aromatic carbocycles. The van der Waals surface area contributed by atoms with Crippen LogP contribution < -0.4 is 0 Å². The molecule has 2 heteroatoms. The van der Waals surface area contributed by atoms with Crippen LogP contribution in [0.3, 0.4) is 0 Å². The summed E-state index contributed by atoms with van der Waals surface area (Å²) in [5.41, 5.74) is 4.80. The fraction of sp³-hybridized carbons (Fsp3) is 0.385. The standard InChI is InChI=1S/C26H30O2/c27-24-15-12-20(13-16-24)19-8-10-21(11-9-19)23-14-17-26(28)25(18-23)22-6-4-2-1-3-5-7-22/h8,10-19,22,27-28H,1-7,9H2. The molecule has 2 nitrogen and oxygen atoms in total. The van der Waals surface area contributed by atoms with Crippen LogP contribution in [0, 0.1) is 0 Å². The zero-order valence-electron chi connectivity index (χ0n) is 16.5. The van der Waals surface area contributed by atoms with Crippen molar-refractivity contribution in [2.75, 3.05) is 0 Å². The Morgan fingerprint density at radius 3 is 2.18 bits per heavy atom. The van der Waals surface area contributed by atoms with Crippen molar-refractivity contribution in [2.45, 2.75) is 63.2 Å². The molecule has 0 amide bonds. The van der Waals surface area contributed by atoms with Crippen molar-refractivity contribution in [1.82, 2.24) is 0 Å². The second-order valence-electron chi connectivity index (χ2n) is 8.27. The van der Waals surface area contributed by atoms with E-state index in [0.717, 1.165) is 12.0 Å². The van der Waals surface area contributed by atoms with Gasteiger partial charge in [0.25, 0.3) is 0 Å². The van der Waals surface area contributed by atoms with E-state index in [2.05, 4.69) is 24.3 Å². The molecule has 1 fully saturated rings. The van der Waals surface area contributed by atoms with E-state index in [0.29, 0.717) is 23.3 Å². The maximum absolute atomic E-state index is 10.5. The number of rotatable bonds is 3. The van der Waals surface area contributed by atoms with Crippen LogP contribution in [-0.4, -0.2) is 10.2 Å². The highest BCUT2D eigenvalue weighted by molar-refractivity contribution is 5.76. The Kier molecular flexibility index (Phi) is 5.85. The molecule has 2 aliphatic rings. The van der Waals surface area contributed by atoms with E-state index in [4.69, 9.17) is 0 Å². The Labute approximate surface area is 168 Å². The Morgan fingerprint density at radius 1 is 0.786 bits per heavy atom. The van der Waals surface area contributed by atoms with Crippen molar-refractivity contribution in [3.8, 4) is 11.5 Å². The molecule has 0 saturated heterocycles. The first kappa shape index (κ1) is 18.9. The summed E-state index contributed by atoms with van der Waals surface area (Å²) in [5.74, 6) is 1.60. The normalized spacial score (nSPS) is 21.0. The summed E-state index contributed by atoms with van der Waals surface area (Å²) in [6, 6.07) is 13.6. The highest BCUT2D eigenvalue weighted by Gasteiger charge is 2.19. The van der Waals surface area contributed by atoms with Gasteiger partial charge in [-0.2, -0.15) is 0 Å². The average molecular weight is 375 g/mol. The average Bonchev–Trinajstić information content (AvgIpc) is 2.69. The van der Waals surface area contributed by atoms with Crippen LogP contribution in [0.2, 0.25) is 0 Å². The van der Waals surface area contributed by atoms with Gasteiger partial charge in [0.2, 0.25) is 0 Å². The third-order valence-electron chi connectivity index (χ3n) is 6.33. The van der Waals surface area contributed by atoms with Crippen LogP contribution >= 0.6 is 0 Å². The molecule has 2 aliphatic carbocycles. The summed E-state index contributed by atoms with van der Waals surface area (Å²) < 4.78 is 0. The molecule has 0 radical (unpaired) electrons. The van der Waals surface area contributed by atoms with Gasteiger partial charge in [0.1, 0.15) is 11.5 Å². The van der Waals surface area contributed by atoms with Gasteiger partial charge in [0.15, 0.2) is 0 Å². The number of aromatic hydroxyl groups is 2. The minimum Gasteiger partial charge on any atom is -0.508 e. The maximum Gasteiger partial charge on any atom is 0.119 e. The smallest absolute Gasteiger partial charge is 0.119 e. The molecule has 4 rings (SSSR count). The molecule has 0 spiro atoms. The number of phenols is 2. The Morgan fingerprint density at radius 2 is 1.50 bits per heavy atom. The molecule has 0 aromatic heterocycles. The van der Waals surface area contributed by atoms with Gasteiger partial charge in [-0.15, -0.1) is 0 Å². The summed E-state index contributed by atoms with van der Waals surface area (Å²) in [7, 11) is 0. The lowest BCUT2D eigenvalue weighted by molar-refractivity contribution is 0.424. The molecule has 0 bridgehead atoms. The third-order valence-corrected chi connectivity index (χ3v) is 6.33. The van der Waals surface area contributed by atoms with Crippen LogP contribution in [0.5, 0.6) is 11.5 Å². The van der Waals surface area contributed by atoms with Crippen LogP contribution in [0.25, 0.3) is 5.57 Å². The van der Waals surface area contributed by atoms with E-state index in [1.807, 2.05) is 24.3 Å². The summed E-state index contributed by atoms with van der Waals surface area (Å²) in [4.78, 5) is 0. The van der Waals surface area contributed by atoms with E-state index in [-0.39, 0.29) is 0 Å². The van der Waals surface area contributed by atoms with Crippen molar-refractivity contribution in [2.24, 2.45) is 0 Å². The van der Waals surface area contributed by atoms with Crippen molar-refractivity contribution in [3.05, 3.63) is 77.4 Å². The number of allylic oxidation sites excluding steroid dienone is 4. The van der Waals surface area contributed by atoms with Crippen LogP contribution in [0.4, 0.5) is 0 Å². The fourth-order valence-corrected chi connectivity index (χ4v) is 4.63. The fourth-order valence-electron chi connectivity index (χ4n) is 4.63. The lowest BCUT2D eigenvalue weighted by atomic mass is 9.83. The monoisotopic (exact) mass is 374 g/mol. The lowest BCUT2D eigenvalue weighted by Gasteiger charge is -2.22. The minimum absolute atomic E-state index is 0.311. The first-order chi connectivity index (χ1) is 13.7. The van der Waals surface area contributed by atoms with Crippen molar-refractivity contribution >= 4 is 5.57 Å². The molecule has 0 heterocycles. The highest BCUT2D eigenvalue weighted by atomic mass is 16.3. The topological polar surface area (TPSA) is 40.5 Å². The third kappa shape index (κ3) is 4.32. The van der Waals surface area contributed by atoms with Gasteiger partial charge >= 0.3 is 0 Å². The molecule has 28 heavy (non-hydrogen) atoms. The molecule has 0 aliphatic heterocycles. The minimum atomic E-state index is 0.311. The van der Waals surface area contributed by atoms with Gasteiger partial charge in [-0.25, -0.2) is 0 Å². The van der Waals surface area contributed by atoms with Crippen LogP contribution in [-0.2, 0) is 0 Å². The van der Waals surface area contributed by atoms with E-state index < -0.39 is 0 Å². The molecule has 146 valence electrons. The van der Waals surface area contributed by atoms with Crippen LogP contribution in [0.1, 0.15) is 79.9 Å². The van der Waals surface area contributed by atoms with Gasteiger partial charge in [-0.3, -0.25) is 0 Å². The largest absolute Gasteiger partial charge is 0.508 e. The molecule has 1 atom stereocenters. The summed E-state index contributed by atoms with van der Waals surface area (Å²) in [5, 5.41) is 20.0. The summed E-state index contributed by atoms with van der Waals surface area (Å²) >= 11 is 0. The number of benzene rings is 2. The summed E-state index contributed by atoms with van der Waals surface area (Å²) in [6.07, 6.45) is 16.6. The summed E-state index contributed by atoms with van der Waals surface area (Å²) in [6.45, 7) is 0. The van der Waals surface area contributed by atoms with E-state index in [9.17, 15) is 10.2 Å². The molecule has 2 aromatic rings. The molecule has 2 N–H and O–H groups in total. The van der Waals surface area contributed by atoms with Crippen molar-refractivity contribution in [3.63, 3.8) is 0 Å². The van der Waals surface area contributed by atoms with Crippen LogP contribution in [0.15, 0.2) is 60.7 Å².